The molecule has 0 heterocycles. The normalized spacial score (nSPS) is 11.3. The molecule has 0 fully saturated rings. The van der Waals surface area contributed by atoms with Gasteiger partial charge < -0.3 is 10.1 Å². The standard InChI is InChI=1S/C17H26ClNO2/c1-11(2)8-14(9-12(3)4)19-16-10-13(17(20)21-5)6-7-15(16)18/h6-7,10-12,14,19H,8-9H2,1-5H3. The maximum absolute atomic E-state index is 11.6. The second kappa shape index (κ2) is 8.28. The molecule has 21 heavy (non-hydrogen) atoms. The van der Waals surface area contributed by atoms with Crippen LogP contribution in [0.15, 0.2) is 18.2 Å². The predicted molar refractivity (Wildman–Crippen MR) is 89.1 cm³/mol. The van der Waals surface area contributed by atoms with Crippen molar-refractivity contribution in [1.82, 2.24) is 0 Å². The highest BCUT2D eigenvalue weighted by Crippen LogP contribution is 2.27. The van der Waals surface area contributed by atoms with Gasteiger partial charge in [-0.3, -0.25) is 0 Å². The summed E-state index contributed by atoms with van der Waals surface area (Å²) in [7, 11) is 1.38. The Labute approximate surface area is 133 Å². The molecule has 0 spiro atoms. The SMILES string of the molecule is COC(=O)c1ccc(Cl)c(NC(CC(C)C)CC(C)C)c1. The molecule has 0 unspecified atom stereocenters. The number of carbonyl (C=O) groups excluding carboxylic acids is 1. The van der Waals surface area contributed by atoms with E-state index in [9.17, 15) is 4.79 Å². The van der Waals surface area contributed by atoms with Gasteiger partial charge in [0.15, 0.2) is 0 Å². The Morgan fingerprint density at radius 3 is 2.24 bits per heavy atom. The van der Waals surface area contributed by atoms with Crippen molar-refractivity contribution < 1.29 is 9.53 Å². The van der Waals surface area contributed by atoms with E-state index in [0.717, 1.165) is 18.5 Å². The monoisotopic (exact) mass is 311 g/mol. The lowest BCUT2D eigenvalue weighted by molar-refractivity contribution is 0.0601. The number of esters is 1. The summed E-state index contributed by atoms with van der Waals surface area (Å²) in [5.74, 6) is 0.853. The van der Waals surface area contributed by atoms with Crippen molar-refractivity contribution in [3.8, 4) is 0 Å². The number of hydrogen-bond donors (Lipinski definition) is 1. The highest BCUT2D eigenvalue weighted by molar-refractivity contribution is 6.33. The molecule has 0 saturated carbocycles. The van der Waals surface area contributed by atoms with Crippen molar-refractivity contribution in [2.45, 2.75) is 46.6 Å². The van der Waals surface area contributed by atoms with Crippen LogP contribution >= 0.6 is 11.6 Å². The van der Waals surface area contributed by atoms with E-state index >= 15 is 0 Å². The van der Waals surface area contributed by atoms with Crippen molar-refractivity contribution in [2.75, 3.05) is 12.4 Å². The summed E-state index contributed by atoms with van der Waals surface area (Å²) in [6, 6.07) is 5.52. The molecule has 1 N–H and O–H groups in total. The summed E-state index contributed by atoms with van der Waals surface area (Å²) < 4.78 is 4.76. The molecule has 0 amide bonds. The fourth-order valence-corrected chi connectivity index (χ4v) is 2.62. The van der Waals surface area contributed by atoms with Gasteiger partial charge in [0.05, 0.1) is 23.4 Å². The first-order chi connectivity index (χ1) is 9.83. The van der Waals surface area contributed by atoms with Crippen molar-refractivity contribution in [1.29, 1.82) is 0 Å². The van der Waals surface area contributed by atoms with Gasteiger partial charge in [0, 0.05) is 6.04 Å². The molecule has 1 rings (SSSR count). The van der Waals surface area contributed by atoms with Crippen LogP contribution in [0.5, 0.6) is 0 Å². The van der Waals surface area contributed by atoms with Gasteiger partial charge in [-0.2, -0.15) is 0 Å². The summed E-state index contributed by atoms with van der Waals surface area (Å²) in [6.07, 6.45) is 2.13. The van der Waals surface area contributed by atoms with Gasteiger partial charge in [-0.1, -0.05) is 39.3 Å². The lowest BCUT2D eigenvalue weighted by Gasteiger charge is -2.24. The number of carbonyl (C=O) groups is 1. The molecule has 1 aromatic carbocycles. The smallest absolute Gasteiger partial charge is 0.337 e. The van der Waals surface area contributed by atoms with Crippen LogP contribution in [0, 0.1) is 11.8 Å². The van der Waals surface area contributed by atoms with Crippen LogP contribution in [0.3, 0.4) is 0 Å². The highest BCUT2D eigenvalue weighted by atomic mass is 35.5. The Morgan fingerprint density at radius 1 is 1.19 bits per heavy atom. The minimum Gasteiger partial charge on any atom is -0.465 e. The van der Waals surface area contributed by atoms with Crippen molar-refractivity contribution in [2.24, 2.45) is 11.8 Å². The molecular formula is C17H26ClNO2. The number of benzene rings is 1. The predicted octanol–water partition coefficient (Wildman–Crippen LogP) is 5.00. The van der Waals surface area contributed by atoms with Gasteiger partial charge in [-0.25, -0.2) is 4.79 Å². The van der Waals surface area contributed by atoms with Gasteiger partial charge in [0.25, 0.3) is 0 Å². The van der Waals surface area contributed by atoms with E-state index in [0.29, 0.717) is 28.5 Å². The van der Waals surface area contributed by atoms with E-state index in [1.165, 1.54) is 7.11 Å². The Kier molecular flexibility index (Phi) is 7.03. The first-order valence-electron chi connectivity index (χ1n) is 7.47. The van der Waals surface area contributed by atoms with Crippen LogP contribution in [0.4, 0.5) is 5.69 Å². The number of hydrogen-bond acceptors (Lipinski definition) is 3. The maximum atomic E-state index is 11.6. The van der Waals surface area contributed by atoms with Crippen LogP contribution in [0.25, 0.3) is 0 Å². The van der Waals surface area contributed by atoms with Gasteiger partial charge in [-0.05, 0) is 42.9 Å². The molecule has 0 bridgehead atoms. The Bertz CT molecular complexity index is 462. The second-order valence-corrected chi connectivity index (χ2v) is 6.69. The van der Waals surface area contributed by atoms with Gasteiger partial charge >= 0.3 is 5.97 Å². The molecule has 0 atom stereocenters. The van der Waals surface area contributed by atoms with Crippen molar-refractivity contribution >= 4 is 23.3 Å². The van der Waals surface area contributed by atoms with Gasteiger partial charge in [-0.15, -0.1) is 0 Å². The van der Waals surface area contributed by atoms with Gasteiger partial charge in [0.2, 0.25) is 0 Å². The zero-order chi connectivity index (χ0) is 16.0. The summed E-state index contributed by atoms with van der Waals surface area (Å²) >= 11 is 6.25. The van der Waals surface area contributed by atoms with E-state index in [2.05, 4.69) is 33.0 Å². The Balaban J connectivity index is 2.93. The molecule has 0 saturated heterocycles. The average Bonchev–Trinajstić information content (AvgIpc) is 2.38. The minimum atomic E-state index is -0.348. The minimum absolute atomic E-state index is 0.343. The third kappa shape index (κ3) is 5.96. The topological polar surface area (TPSA) is 38.3 Å². The van der Waals surface area contributed by atoms with Crippen LogP contribution in [-0.4, -0.2) is 19.1 Å². The molecule has 0 aliphatic carbocycles. The fraction of sp³-hybridized carbons (Fsp3) is 0.588. The molecule has 3 nitrogen and oxygen atoms in total. The summed E-state index contributed by atoms with van der Waals surface area (Å²) in [4.78, 5) is 11.6. The van der Waals surface area contributed by atoms with Crippen molar-refractivity contribution in [3.63, 3.8) is 0 Å². The summed E-state index contributed by atoms with van der Waals surface area (Å²) in [5.41, 5.74) is 1.31. The Hall–Kier alpha value is -1.22. The molecule has 118 valence electrons. The zero-order valence-corrected chi connectivity index (χ0v) is 14.3. The van der Waals surface area contributed by atoms with Crippen LogP contribution in [0.2, 0.25) is 5.02 Å². The number of halogens is 1. The molecule has 0 radical (unpaired) electrons. The first-order valence-corrected chi connectivity index (χ1v) is 7.85. The molecule has 0 aliphatic heterocycles. The quantitative estimate of drug-likeness (QED) is 0.720. The van der Waals surface area contributed by atoms with Crippen LogP contribution in [0.1, 0.15) is 50.9 Å². The summed E-state index contributed by atoms with van der Waals surface area (Å²) in [6.45, 7) is 8.84. The van der Waals surface area contributed by atoms with Crippen LogP contribution in [-0.2, 0) is 4.74 Å². The molecular weight excluding hydrogens is 286 g/mol. The first kappa shape index (κ1) is 17.8. The van der Waals surface area contributed by atoms with Crippen molar-refractivity contribution in [3.05, 3.63) is 28.8 Å². The average molecular weight is 312 g/mol. The number of anilines is 1. The number of rotatable bonds is 7. The lowest BCUT2D eigenvalue weighted by Crippen LogP contribution is -2.24. The molecule has 4 heteroatoms. The van der Waals surface area contributed by atoms with E-state index in [1.807, 2.05) is 0 Å². The number of ether oxygens (including phenoxy) is 1. The molecule has 0 aliphatic rings. The van der Waals surface area contributed by atoms with E-state index in [1.54, 1.807) is 18.2 Å². The summed E-state index contributed by atoms with van der Waals surface area (Å²) in [5, 5.41) is 4.11. The molecule has 0 aromatic heterocycles. The van der Waals surface area contributed by atoms with E-state index in [-0.39, 0.29) is 5.97 Å². The second-order valence-electron chi connectivity index (χ2n) is 6.29. The van der Waals surface area contributed by atoms with Gasteiger partial charge in [0.1, 0.15) is 0 Å². The van der Waals surface area contributed by atoms with Crippen LogP contribution < -0.4 is 5.32 Å². The zero-order valence-electron chi connectivity index (χ0n) is 13.6. The largest absolute Gasteiger partial charge is 0.465 e. The third-order valence-electron chi connectivity index (χ3n) is 3.26. The third-order valence-corrected chi connectivity index (χ3v) is 3.59. The maximum Gasteiger partial charge on any atom is 0.337 e. The highest BCUT2D eigenvalue weighted by Gasteiger charge is 2.16. The lowest BCUT2D eigenvalue weighted by atomic mass is 9.95. The molecule has 1 aromatic rings. The number of methoxy groups -OCH3 is 1. The Morgan fingerprint density at radius 2 is 1.76 bits per heavy atom. The van der Waals surface area contributed by atoms with E-state index in [4.69, 9.17) is 16.3 Å². The fourth-order valence-electron chi connectivity index (χ4n) is 2.45. The number of nitrogens with one attached hydrogen (secondary N) is 1. The van der Waals surface area contributed by atoms with E-state index < -0.39 is 0 Å².